The van der Waals surface area contributed by atoms with Gasteiger partial charge in [-0.15, -0.1) is 5.10 Å². The zero-order valence-corrected chi connectivity index (χ0v) is 15.3. The maximum Gasteiger partial charge on any atom is 0.188 e. The van der Waals surface area contributed by atoms with Gasteiger partial charge in [-0.2, -0.15) is 4.68 Å². The van der Waals surface area contributed by atoms with Crippen LogP contribution in [0.2, 0.25) is 0 Å². The average molecular weight is 365 g/mol. The third-order valence-corrected chi connectivity index (χ3v) is 4.37. The van der Waals surface area contributed by atoms with E-state index in [1.54, 1.807) is 6.20 Å². The number of nitrogens with zero attached hydrogens (tertiary/aromatic N) is 4. The second-order valence-electron chi connectivity index (χ2n) is 6.58. The van der Waals surface area contributed by atoms with E-state index in [1.807, 2.05) is 54.1 Å². The van der Waals surface area contributed by atoms with Crippen molar-refractivity contribution < 1.29 is 9.47 Å². The topological polar surface area (TPSA) is 74.1 Å². The van der Waals surface area contributed by atoms with Gasteiger partial charge in [-0.05, 0) is 36.8 Å². The number of para-hydroxylation sites is 1. The fourth-order valence-electron chi connectivity index (χ4n) is 3.04. The maximum absolute atomic E-state index is 5.81. The maximum atomic E-state index is 5.81. The smallest absolute Gasteiger partial charge is 0.188 e. The van der Waals surface area contributed by atoms with Crippen LogP contribution in [-0.2, 0) is 17.8 Å². The Bertz CT molecular complexity index is 875. The summed E-state index contributed by atoms with van der Waals surface area (Å²) in [7, 11) is 0. The number of hydrogen-bond donors (Lipinski definition) is 1. The molecule has 1 N–H and O–H groups in total. The molecular formula is C20H23N5O2. The standard InChI is InChI=1S/C20H23N5O2/c1-15-7-8-22-19(11-15)25-20(12-16-13-26-10-9-21-16)23-18(24-25)14-27-17-5-3-2-4-6-17/h2-8,11,16,21H,9-10,12-14H2,1H3/t16-/m0/s1. The van der Waals surface area contributed by atoms with Crippen molar-refractivity contribution in [1.29, 1.82) is 0 Å². The molecule has 3 aromatic rings. The molecule has 7 nitrogen and oxygen atoms in total. The van der Waals surface area contributed by atoms with E-state index in [4.69, 9.17) is 14.5 Å². The highest BCUT2D eigenvalue weighted by Gasteiger charge is 2.20. The van der Waals surface area contributed by atoms with Gasteiger partial charge in [0.1, 0.15) is 18.2 Å². The summed E-state index contributed by atoms with van der Waals surface area (Å²) in [5.74, 6) is 3.04. The minimum atomic E-state index is 0.217. The number of aryl methyl sites for hydroxylation is 1. The van der Waals surface area contributed by atoms with Crippen molar-refractivity contribution in [2.45, 2.75) is 26.0 Å². The second kappa shape index (κ2) is 8.28. The summed E-state index contributed by atoms with van der Waals surface area (Å²) in [5, 5.41) is 8.12. The number of ether oxygens (including phenoxy) is 2. The molecule has 140 valence electrons. The number of rotatable bonds is 6. The van der Waals surface area contributed by atoms with Crippen LogP contribution in [0.4, 0.5) is 0 Å². The summed E-state index contributed by atoms with van der Waals surface area (Å²) in [6, 6.07) is 13.9. The summed E-state index contributed by atoms with van der Waals surface area (Å²) in [6.07, 6.45) is 2.51. The number of aromatic nitrogens is 4. The van der Waals surface area contributed by atoms with Gasteiger partial charge in [-0.3, -0.25) is 0 Å². The lowest BCUT2D eigenvalue weighted by Gasteiger charge is -2.23. The molecule has 0 amide bonds. The molecule has 0 saturated carbocycles. The van der Waals surface area contributed by atoms with Crippen molar-refractivity contribution >= 4 is 0 Å². The van der Waals surface area contributed by atoms with Crippen molar-refractivity contribution in [2.75, 3.05) is 19.8 Å². The molecule has 0 unspecified atom stereocenters. The molecule has 1 aliphatic heterocycles. The third kappa shape index (κ3) is 4.50. The Morgan fingerprint density at radius 2 is 2.15 bits per heavy atom. The van der Waals surface area contributed by atoms with Crippen molar-refractivity contribution in [1.82, 2.24) is 25.1 Å². The minimum absolute atomic E-state index is 0.217. The highest BCUT2D eigenvalue weighted by molar-refractivity contribution is 5.27. The normalized spacial score (nSPS) is 17.0. The number of hydrogen-bond acceptors (Lipinski definition) is 6. The van der Waals surface area contributed by atoms with Crippen LogP contribution in [-0.4, -0.2) is 45.5 Å². The summed E-state index contributed by atoms with van der Waals surface area (Å²) >= 11 is 0. The van der Waals surface area contributed by atoms with Crippen LogP contribution < -0.4 is 10.1 Å². The van der Waals surface area contributed by atoms with Crippen LogP contribution >= 0.6 is 0 Å². The number of benzene rings is 1. The molecule has 0 aliphatic carbocycles. The first-order valence-electron chi connectivity index (χ1n) is 9.15. The first-order chi connectivity index (χ1) is 13.3. The molecule has 4 rings (SSSR count). The lowest BCUT2D eigenvalue weighted by Crippen LogP contribution is -2.43. The number of pyridine rings is 1. The van der Waals surface area contributed by atoms with Crippen molar-refractivity contribution in [3.63, 3.8) is 0 Å². The SMILES string of the molecule is Cc1ccnc(-n2nc(COc3ccccc3)nc2C[C@H]2COCCN2)c1. The van der Waals surface area contributed by atoms with Crippen molar-refractivity contribution in [3.05, 3.63) is 65.9 Å². The van der Waals surface area contributed by atoms with Crippen molar-refractivity contribution in [2.24, 2.45) is 0 Å². The number of nitrogens with one attached hydrogen (secondary N) is 1. The van der Waals surface area contributed by atoms with Gasteiger partial charge >= 0.3 is 0 Å². The lowest BCUT2D eigenvalue weighted by atomic mass is 10.2. The first kappa shape index (κ1) is 17.6. The summed E-state index contributed by atoms with van der Waals surface area (Å²) in [5.41, 5.74) is 1.13. The van der Waals surface area contributed by atoms with Gasteiger partial charge in [-0.25, -0.2) is 9.97 Å². The van der Waals surface area contributed by atoms with E-state index in [-0.39, 0.29) is 6.04 Å². The fourth-order valence-corrected chi connectivity index (χ4v) is 3.04. The Hall–Kier alpha value is -2.77. The summed E-state index contributed by atoms with van der Waals surface area (Å²) in [4.78, 5) is 9.18. The van der Waals surface area contributed by atoms with Gasteiger partial charge in [0.05, 0.1) is 13.2 Å². The molecule has 1 aromatic carbocycles. The van der Waals surface area contributed by atoms with Crippen LogP contribution in [0.25, 0.3) is 5.82 Å². The molecule has 0 radical (unpaired) electrons. The van der Waals surface area contributed by atoms with E-state index in [2.05, 4.69) is 15.4 Å². The van der Waals surface area contributed by atoms with Gasteiger partial charge in [0.2, 0.25) is 0 Å². The molecule has 1 saturated heterocycles. The zero-order valence-electron chi connectivity index (χ0n) is 15.3. The molecule has 3 heterocycles. The Balaban J connectivity index is 1.57. The monoisotopic (exact) mass is 365 g/mol. The first-order valence-corrected chi connectivity index (χ1v) is 9.15. The summed E-state index contributed by atoms with van der Waals surface area (Å²) in [6.45, 7) is 4.62. The van der Waals surface area contributed by atoms with Gasteiger partial charge in [-0.1, -0.05) is 18.2 Å². The lowest BCUT2D eigenvalue weighted by molar-refractivity contribution is 0.0762. The predicted molar refractivity (Wildman–Crippen MR) is 101 cm³/mol. The molecular weight excluding hydrogens is 342 g/mol. The van der Waals surface area contributed by atoms with Crippen LogP contribution in [0.1, 0.15) is 17.2 Å². The highest BCUT2D eigenvalue weighted by atomic mass is 16.5. The Morgan fingerprint density at radius 3 is 2.93 bits per heavy atom. The van der Waals surface area contributed by atoms with Crippen LogP contribution in [0.15, 0.2) is 48.7 Å². The van der Waals surface area contributed by atoms with E-state index in [9.17, 15) is 0 Å². The zero-order chi connectivity index (χ0) is 18.5. The molecule has 1 atom stereocenters. The molecule has 0 bridgehead atoms. The van der Waals surface area contributed by atoms with Gasteiger partial charge in [0.15, 0.2) is 11.6 Å². The molecule has 7 heteroatoms. The largest absolute Gasteiger partial charge is 0.486 e. The van der Waals surface area contributed by atoms with Gasteiger partial charge in [0.25, 0.3) is 0 Å². The van der Waals surface area contributed by atoms with Crippen LogP contribution in [0, 0.1) is 6.92 Å². The third-order valence-electron chi connectivity index (χ3n) is 4.37. The summed E-state index contributed by atoms with van der Waals surface area (Å²) < 4.78 is 13.2. The van der Waals surface area contributed by atoms with E-state index in [0.717, 1.165) is 36.1 Å². The van der Waals surface area contributed by atoms with E-state index >= 15 is 0 Å². The molecule has 1 fully saturated rings. The quantitative estimate of drug-likeness (QED) is 0.721. The Kier molecular flexibility index (Phi) is 5.41. The van der Waals surface area contributed by atoms with Gasteiger partial charge < -0.3 is 14.8 Å². The minimum Gasteiger partial charge on any atom is -0.486 e. The van der Waals surface area contributed by atoms with E-state index < -0.39 is 0 Å². The number of morpholine rings is 1. The van der Waals surface area contributed by atoms with Crippen LogP contribution in [0.3, 0.4) is 0 Å². The molecule has 0 spiro atoms. The van der Waals surface area contributed by atoms with E-state index in [0.29, 0.717) is 25.5 Å². The second-order valence-corrected chi connectivity index (χ2v) is 6.58. The Morgan fingerprint density at radius 1 is 1.26 bits per heavy atom. The highest BCUT2D eigenvalue weighted by Crippen LogP contribution is 2.14. The fraction of sp³-hybridized carbons (Fsp3) is 0.350. The van der Waals surface area contributed by atoms with Gasteiger partial charge in [0, 0.05) is 25.2 Å². The molecule has 2 aromatic heterocycles. The van der Waals surface area contributed by atoms with Crippen molar-refractivity contribution in [3.8, 4) is 11.6 Å². The predicted octanol–water partition coefficient (Wildman–Crippen LogP) is 2.08. The molecule has 27 heavy (non-hydrogen) atoms. The molecule has 1 aliphatic rings. The van der Waals surface area contributed by atoms with E-state index in [1.165, 1.54) is 0 Å². The average Bonchev–Trinajstić information content (AvgIpc) is 3.11. The Labute approximate surface area is 158 Å². The van der Waals surface area contributed by atoms with Crippen LogP contribution in [0.5, 0.6) is 5.75 Å².